The Hall–Kier alpha value is -1.08. The van der Waals surface area contributed by atoms with Gasteiger partial charge in [0.2, 0.25) is 11.8 Å². The van der Waals surface area contributed by atoms with Crippen LogP contribution in [-0.4, -0.2) is 41.2 Å². The van der Waals surface area contributed by atoms with Gasteiger partial charge in [-0.1, -0.05) is 6.42 Å². The molecule has 2 aliphatic rings. The minimum atomic E-state index is -0.806. The first-order chi connectivity index (χ1) is 12.2. The summed E-state index contributed by atoms with van der Waals surface area (Å²) in [5, 5.41) is 5.99. The van der Waals surface area contributed by atoms with Gasteiger partial charge in [-0.25, -0.2) is 0 Å². The highest BCUT2D eigenvalue weighted by Gasteiger charge is 2.51. The van der Waals surface area contributed by atoms with E-state index in [4.69, 9.17) is 9.31 Å². The van der Waals surface area contributed by atoms with Crippen LogP contribution in [0.4, 0.5) is 0 Å². The molecule has 0 aromatic carbocycles. The van der Waals surface area contributed by atoms with Crippen LogP contribution in [0.5, 0.6) is 0 Å². The summed E-state index contributed by atoms with van der Waals surface area (Å²) >= 11 is 0. The maximum atomic E-state index is 12.9. The zero-order valence-corrected chi connectivity index (χ0v) is 18.3. The molecule has 2 amide bonds. The average Bonchev–Trinajstić information content (AvgIpc) is 2.94. The van der Waals surface area contributed by atoms with Gasteiger partial charge < -0.3 is 19.9 Å². The summed E-state index contributed by atoms with van der Waals surface area (Å²) in [4.78, 5) is 24.7. The fraction of sp³-hybridized carbons (Fsp3) is 0.900. The minimum absolute atomic E-state index is 0.0802. The predicted octanol–water partition coefficient (Wildman–Crippen LogP) is 3.06. The van der Waals surface area contributed by atoms with Crippen LogP contribution in [0.2, 0.25) is 6.32 Å². The second-order valence-corrected chi connectivity index (χ2v) is 10.3. The van der Waals surface area contributed by atoms with Crippen LogP contribution < -0.4 is 10.6 Å². The quantitative estimate of drug-likeness (QED) is 0.719. The summed E-state index contributed by atoms with van der Waals surface area (Å²) in [6.07, 6.45) is 3.96. The minimum Gasteiger partial charge on any atom is -0.403 e. The van der Waals surface area contributed by atoms with E-state index in [2.05, 4.69) is 38.3 Å². The second kappa shape index (κ2) is 7.39. The smallest absolute Gasteiger partial charge is 0.403 e. The zero-order valence-electron chi connectivity index (χ0n) is 18.3. The van der Waals surface area contributed by atoms with Crippen molar-refractivity contribution in [1.82, 2.24) is 10.6 Å². The van der Waals surface area contributed by atoms with Crippen LogP contribution in [0, 0.1) is 5.92 Å². The van der Waals surface area contributed by atoms with E-state index in [9.17, 15) is 9.59 Å². The summed E-state index contributed by atoms with van der Waals surface area (Å²) in [7, 11) is -0.214. The summed E-state index contributed by atoms with van der Waals surface area (Å²) in [5.41, 5.74) is -1.77. The van der Waals surface area contributed by atoms with Crippen molar-refractivity contribution < 1.29 is 18.9 Å². The number of carbonyl (C=O) groups is 2. The van der Waals surface area contributed by atoms with Gasteiger partial charge >= 0.3 is 7.12 Å². The molecule has 0 bridgehead atoms. The Morgan fingerprint density at radius 1 is 1.11 bits per heavy atom. The lowest BCUT2D eigenvalue weighted by Gasteiger charge is -2.33. The monoisotopic (exact) mass is 380 g/mol. The third kappa shape index (κ3) is 5.26. The third-order valence-electron chi connectivity index (χ3n) is 6.07. The van der Waals surface area contributed by atoms with Gasteiger partial charge in [-0.2, -0.15) is 0 Å². The van der Waals surface area contributed by atoms with Gasteiger partial charge in [0.15, 0.2) is 0 Å². The highest BCUT2D eigenvalue weighted by atomic mass is 16.7. The van der Waals surface area contributed by atoms with E-state index in [1.807, 2.05) is 20.8 Å². The molecular weight excluding hydrogens is 343 g/mol. The molecule has 1 aliphatic heterocycles. The molecule has 1 heterocycles. The van der Waals surface area contributed by atoms with Gasteiger partial charge in [-0.3, -0.25) is 9.59 Å². The number of hydrogen-bond acceptors (Lipinski definition) is 4. The van der Waals surface area contributed by atoms with Crippen molar-refractivity contribution in [3.05, 3.63) is 0 Å². The lowest BCUT2D eigenvalue weighted by atomic mass is 9.79. The van der Waals surface area contributed by atoms with Gasteiger partial charge in [-0.15, -0.1) is 0 Å². The van der Waals surface area contributed by atoms with Gasteiger partial charge in [0.1, 0.15) is 5.54 Å². The molecule has 2 atom stereocenters. The summed E-state index contributed by atoms with van der Waals surface area (Å²) in [6, 6.07) is 0. The molecule has 0 aromatic rings. The largest absolute Gasteiger partial charge is 0.457 e. The van der Waals surface area contributed by atoms with E-state index < -0.39 is 5.54 Å². The van der Waals surface area contributed by atoms with Gasteiger partial charge in [0, 0.05) is 12.5 Å². The molecule has 7 heteroatoms. The highest BCUT2D eigenvalue weighted by Crippen LogP contribution is 2.41. The SMILES string of the molecule is CC(=O)NC1(C(=O)NC(C)(C)C)CCC(CCB2OC(C)(C)C(C)(C)O2)C1. The lowest BCUT2D eigenvalue weighted by Crippen LogP contribution is -2.60. The van der Waals surface area contributed by atoms with E-state index in [-0.39, 0.29) is 35.7 Å². The standard InChI is InChI=1S/C20H37BN2O4/c1-14(24)22-20(16(25)23-17(2,3)4)11-9-15(13-20)10-12-21-26-18(5,6)19(7,8)27-21/h15H,9-13H2,1-8H3,(H,22,24)(H,23,25). The van der Waals surface area contributed by atoms with E-state index in [1.54, 1.807) is 0 Å². The molecule has 1 saturated heterocycles. The van der Waals surface area contributed by atoms with E-state index in [1.165, 1.54) is 6.92 Å². The van der Waals surface area contributed by atoms with Gasteiger partial charge in [-0.05, 0) is 80.0 Å². The molecule has 0 aromatic heterocycles. The van der Waals surface area contributed by atoms with Crippen molar-refractivity contribution >= 4 is 18.9 Å². The Morgan fingerprint density at radius 3 is 2.15 bits per heavy atom. The van der Waals surface area contributed by atoms with E-state index in [0.717, 1.165) is 19.2 Å². The molecule has 0 spiro atoms. The fourth-order valence-electron chi connectivity index (χ4n) is 4.02. The van der Waals surface area contributed by atoms with Crippen LogP contribution in [-0.2, 0) is 18.9 Å². The predicted molar refractivity (Wildman–Crippen MR) is 107 cm³/mol. The maximum absolute atomic E-state index is 12.9. The van der Waals surface area contributed by atoms with Crippen LogP contribution in [0.1, 0.15) is 81.1 Å². The second-order valence-electron chi connectivity index (χ2n) is 10.3. The first kappa shape index (κ1) is 22.2. The molecule has 1 aliphatic carbocycles. The number of hydrogen-bond donors (Lipinski definition) is 2. The first-order valence-corrected chi connectivity index (χ1v) is 10.1. The van der Waals surface area contributed by atoms with Crippen molar-refractivity contribution in [3.8, 4) is 0 Å². The van der Waals surface area contributed by atoms with Gasteiger partial charge in [0.05, 0.1) is 11.2 Å². The molecule has 2 unspecified atom stereocenters. The molecule has 2 rings (SSSR count). The third-order valence-corrected chi connectivity index (χ3v) is 6.07. The Bertz CT molecular complexity index is 569. The summed E-state index contributed by atoms with van der Waals surface area (Å²) in [5.74, 6) is 0.121. The van der Waals surface area contributed by atoms with Crippen molar-refractivity contribution in [2.24, 2.45) is 5.92 Å². The fourth-order valence-corrected chi connectivity index (χ4v) is 4.02. The topological polar surface area (TPSA) is 76.7 Å². The molecule has 0 radical (unpaired) electrons. The van der Waals surface area contributed by atoms with Crippen molar-refractivity contribution in [2.75, 3.05) is 0 Å². The van der Waals surface area contributed by atoms with Crippen molar-refractivity contribution in [1.29, 1.82) is 0 Å². The van der Waals surface area contributed by atoms with Crippen molar-refractivity contribution in [3.63, 3.8) is 0 Å². The average molecular weight is 380 g/mol. The molecule has 1 saturated carbocycles. The molecule has 154 valence electrons. The van der Waals surface area contributed by atoms with E-state index in [0.29, 0.717) is 18.8 Å². The molecule has 27 heavy (non-hydrogen) atoms. The maximum Gasteiger partial charge on any atom is 0.457 e. The molecule has 2 fully saturated rings. The number of nitrogens with one attached hydrogen (secondary N) is 2. The Kier molecular flexibility index (Phi) is 6.08. The van der Waals surface area contributed by atoms with Gasteiger partial charge in [0.25, 0.3) is 0 Å². The first-order valence-electron chi connectivity index (χ1n) is 10.1. The normalized spacial score (nSPS) is 29.6. The molecule has 6 nitrogen and oxygen atoms in total. The van der Waals surface area contributed by atoms with Crippen LogP contribution in [0.25, 0.3) is 0 Å². The highest BCUT2D eigenvalue weighted by molar-refractivity contribution is 6.45. The Morgan fingerprint density at radius 2 is 1.67 bits per heavy atom. The van der Waals surface area contributed by atoms with E-state index >= 15 is 0 Å². The number of carbonyl (C=O) groups excluding carboxylic acids is 2. The molecular formula is C20H37BN2O4. The number of rotatable bonds is 5. The summed E-state index contributed by atoms with van der Waals surface area (Å²) < 4.78 is 12.2. The molecule has 2 N–H and O–H groups in total. The van der Waals surface area contributed by atoms with Crippen molar-refractivity contribution in [2.45, 2.75) is 110 Å². The van der Waals surface area contributed by atoms with Crippen LogP contribution in [0.15, 0.2) is 0 Å². The zero-order chi connectivity index (χ0) is 20.7. The van der Waals surface area contributed by atoms with Crippen LogP contribution >= 0.6 is 0 Å². The Balaban J connectivity index is 1.97. The summed E-state index contributed by atoms with van der Waals surface area (Å²) in [6.45, 7) is 15.6. The Labute approximate surface area is 164 Å². The lowest BCUT2D eigenvalue weighted by molar-refractivity contribution is -0.134. The van der Waals surface area contributed by atoms with Crippen LogP contribution in [0.3, 0.4) is 0 Å². The number of amides is 2.